The zero-order valence-electron chi connectivity index (χ0n) is 7.46. The Morgan fingerprint density at radius 1 is 1.46 bits per heavy atom. The van der Waals surface area contributed by atoms with Crippen LogP contribution >= 0.6 is 22.6 Å². The lowest BCUT2D eigenvalue weighted by atomic mass is 10.1. The van der Waals surface area contributed by atoms with Crippen molar-refractivity contribution in [2.24, 2.45) is 5.73 Å². The zero-order chi connectivity index (χ0) is 9.84. The van der Waals surface area contributed by atoms with Crippen LogP contribution in [0.3, 0.4) is 0 Å². The predicted molar refractivity (Wildman–Crippen MR) is 62.0 cm³/mol. The van der Waals surface area contributed by atoms with Gasteiger partial charge in [0.05, 0.1) is 0 Å². The maximum atomic E-state index is 10.8. The number of halogens is 1. The van der Waals surface area contributed by atoms with E-state index in [9.17, 15) is 4.79 Å². The van der Waals surface area contributed by atoms with Crippen LogP contribution in [0.15, 0.2) is 24.3 Å². The van der Waals surface area contributed by atoms with Gasteiger partial charge in [-0.2, -0.15) is 0 Å². The number of benzene rings is 1. The Morgan fingerprint density at radius 3 is 2.38 bits per heavy atom. The molecule has 0 fully saturated rings. The third-order valence-corrected chi connectivity index (χ3v) is 3.52. The molecule has 0 saturated heterocycles. The number of amides is 1. The van der Waals surface area contributed by atoms with Crippen molar-refractivity contribution in [3.8, 4) is 0 Å². The van der Waals surface area contributed by atoms with Crippen molar-refractivity contribution in [2.75, 3.05) is 0 Å². The molecular formula is C10H12INO. The van der Waals surface area contributed by atoms with Crippen LogP contribution in [0.5, 0.6) is 0 Å². The molecule has 13 heavy (non-hydrogen) atoms. The van der Waals surface area contributed by atoms with Gasteiger partial charge >= 0.3 is 0 Å². The van der Waals surface area contributed by atoms with Crippen molar-refractivity contribution in [1.29, 1.82) is 0 Å². The number of hydrogen-bond donors (Lipinski definition) is 1. The molecular weight excluding hydrogens is 277 g/mol. The van der Waals surface area contributed by atoms with E-state index in [1.165, 1.54) is 5.56 Å². The minimum absolute atomic E-state index is 0.368. The van der Waals surface area contributed by atoms with Crippen molar-refractivity contribution < 1.29 is 4.79 Å². The zero-order valence-corrected chi connectivity index (χ0v) is 9.61. The Morgan fingerprint density at radius 2 is 2.00 bits per heavy atom. The molecule has 0 aliphatic heterocycles. The van der Waals surface area contributed by atoms with Gasteiger partial charge in [-0.15, -0.1) is 0 Å². The molecule has 1 unspecified atom stereocenters. The second-order valence-electron chi connectivity index (χ2n) is 2.86. The average Bonchev–Trinajstić information content (AvgIpc) is 2.17. The van der Waals surface area contributed by atoms with Gasteiger partial charge in [-0.3, -0.25) is 4.79 Å². The van der Waals surface area contributed by atoms with Gasteiger partial charge in [0, 0.05) is 9.49 Å². The van der Waals surface area contributed by atoms with Gasteiger partial charge in [-0.1, -0.05) is 41.6 Å². The quantitative estimate of drug-likeness (QED) is 0.674. The maximum Gasteiger partial charge on any atom is 0.248 e. The summed E-state index contributed by atoms with van der Waals surface area (Å²) in [6, 6.07) is 7.47. The first-order valence-electron chi connectivity index (χ1n) is 4.19. The minimum atomic E-state index is -0.368. The molecule has 1 atom stereocenters. The van der Waals surface area contributed by atoms with Gasteiger partial charge in [0.15, 0.2) is 0 Å². The summed E-state index contributed by atoms with van der Waals surface area (Å²) in [5, 5.41) is 0. The van der Waals surface area contributed by atoms with Gasteiger partial charge in [0.25, 0.3) is 0 Å². The van der Waals surface area contributed by atoms with Crippen LogP contribution in [-0.2, 0) is 0 Å². The Labute approximate surface area is 91.7 Å². The van der Waals surface area contributed by atoms with E-state index in [4.69, 9.17) is 5.73 Å². The molecule has 0 saturated carbocycles. The molecule has 1 aromatic carbocycles. The number of carbonyl (C=O) groups excluding carboxylic acids is 1. The topological polar surface area (TPSA) is 43.1 Å². The van der Waals surface area contributed by atoms with E-state index in [1.807, 2.05) is 12.1 Å². The Kier molecular flexibility index (Phi) is 3.71. The van der Waals surface area contributed by atoms with Gasteiger partial charge in [0.2, 0.25) is 5.91 Å². The Balaban J connectivity index is 2.87. The number of nitrogens with two attached hydrogens (primary N) is 1. The first-order chi connectivity index (χ1) is 6.15. The summed E-state index contributed by atoms with van der Waals surface area (Å²) >= 11 is 2.38. The van der Waals surface area contributed by atoms with Crippen LogP contribution in [0.2, 0.25) is 0 Å². The van der Waals surface area contributed by atoms with Gasteiger partial charge in [0.1, 0.15) is 0 Å². The molecule has 0 aromatic heterocycles. The fraction of sp³-hybridized carbons (Fsp3) is 0.300. The largest absolute Gasteiger partial charge is 0.366 e. The highest BCUT2D eigenvalue weighted by Gasteiger charge is 2.05. The van der Waals surface area contributed by atoms with E-state index in [0.29, 0.717) is 9.49 Å². The molecule has 0 radical (unpaired) electrons. The molecule has 0 spiro atoms. The van der Waals surface area contributed by atoms with Crippen molar-refractivity contribution in [3.05, 3.63) is 35.4 Å². The highest BCUT2D eigenvalue weighted by atomic mass is 127. The van der Waals surface area contributed by atoms with Crippen molar-refractivity contribution in [1.82, 2.24) is 0 Å². The maximum absolute atomic E-state index is 10.8. The van der Waals surface area contributed by atoms with Crippen LogP contribution in [0.25, 0.3) is 0 Å². The van der Waals surface area contributed by atoms with Crippen LogP contribution in [0.1, 0.15) is 33.2 Å². The third-order valence-electron chi connectivity index (χ3n) is 1.92. The van der Waals surface area contributed by atoms with Crippen LogP contribution in [0, 0.1) is 0 Å². The summed E-state index contributed by atoms with van der Waals surface area (Å²) in [6.45, 7) is 2.14. The summed E-state index contributed by atoms with van der Waals surface area (Å²) in [4.78, 5) is 10.8. The highest BCUT2D eigenvalue weighted by Crippen LogP contribution is 2.26. The van der Waals surface area contributed by atoms with Gasteiger partial charge in [-0.05, 0) is 24.1 Å². The molecule has 0 heterocycles. The normalized spacial score (nSPS) is 12.5. The Bertz CT molecular complexity index is 294. The summed E-state index contributed by atoms with van der Waals surface area (Å²) < 4.78 is 0.513. The highest BCUT2D eigenvalue weighted by molar-refractivity contribution is 14.1. The fourth-order valence-corrected chi connectivity index (χ4v) is 1.51. The standard InChI is InChI=1S/C10H12INO/c1-2-9(11)7-3-5-8(6-4-7)10(12)13/h3-6,9H,2H2,1H3,(H2,12,13). The second-order valence-corrected chi connectivity index (χ2v) is 4.37. The molecule has 70 valence electrons. The molecule has 2 nitrogen and oxygen atoms in total. The number of carbonyl (C=O) groups is 1. The van der Waals surface area contributed by atoms with Gasteiger partial charge < -0.3 is 5.73 Å². The van der Waals surface area contributed by atoms with E-state index in [-0.39, 0.29) is 5.91 Å². The lowest BCUT2D eigenvalue weighted by molar-refractivity contribution is 0.100. The first-order valence-corrected chi connectivity index (χ1v) is 5.43. The monoisotopic (exact) mass is 289 g/mol. The molecule has 0 aliphatic rings. The van der Waals surface area contributed by atoms with Crippen LogP contribution < -0.4 is 5.73 Å². The van der Waals surface area contributed by atoms with Crippen molar-refractivity contribution in [2.45, 2.75) is 17.3 Å². The van der Waals surface area contributed by atoms with E-state index in [2.05, 4.69) is 29.5 Å². The van der Waals surface area contributed by atoms with E-state index < -0.39 is 0 Å². The molecule has 0 aliphatic carbocycles. The summed E-state index contributed by atoms with van der Waals surface area (Å²) in [7, 11) is 0. The number of alkyl halides is 1. The number of rotatable bonds is 3. The third kappa shape index (κ3) is 2.69. The minimum Gasteiger partial charge on any atom is -0.366 e. The predicted octanol–water partition coefficient (Wildman–Crippen LogP) is 2.67. The summed E-state index contributed by atoms with van der Waals surface area (Å²) in [5.74, 6) is -0.368. The van der Waals surface area contributed by atoms with E-state index in [0.717, 1.165) is 6.42 Å². The van der Waals surface area contributed by atoms with Crippen LogP contribution in [0.4, 0.5) is 0 Å². The Hall–Kier alpha value is -0.580. The summed E-state index contributed by atoms with van der Waals surface area (Å²) in [6.07, 6.45) is 1.09. The molecule has 2 N–H and O–H groups in total. The lowest BCUT2D eigenvalue weighted by Gasteiger charge is -2.06. The van der Waals surface area contributed by atoms with E-state index in [1.54, 1.807) is 12.1 Å². The number of hydrogen-bond acceptors (Lipinski definition) is 1. The molecule has 3 heteroatoms. The SMILES string of the molecule is CCC(I)c1ccc(C(N)=O)cc1. The van der Waals surface area contributed by atoms with Crippen molar-refractivity contribution >= 4 is 28.5 Å². The van der Waals surface area contributed by atoms with Crippen molar-refractivity contribution in [3.63, 3.8) is 0 Å². The molecule has 1 rings (SSSR count). The lowest BCUT2D eigenvalue weighted by Crippen LogP contribution is -2.10. The second kappa shape index (κ2) is 4.60. The first kappa shape index (κ1) is 10.5. The summed E-state index contributed by atoms with van der Waals surface area (Å²) in [5.41, 5.74) is 6.95. The van der Waals surface area contributed by atoms with Gasteiger partial charge in [-0.25, -0.2) is 0 Å². The van der Waals surface area contributed by atoms with Crippen LogP contribution in [-0.4, -0.2) is 5.91 Å². The molecule has 1 aromatic rings. The molecule has 0 bridgehead atoms. The molecule has 1 amide bonds. The fourth-order valence-electron chi connectivity index (χ4n) is 1.09. The smallest absolute Gasteiger partial charge is 0.248 e. The van der Waals surface area contributed by atoms with E-state index >= 15 is 0 Å². The number of primary amides is 1. The average molecular weight is 289 g/mol.